The average molecular weight is 380 g/mol. The molecule has 1 aliphatic heterocycles. The van der Waals surface area contributed by atoms with Crippen molar-refractivity contribution in [1.29, 1.82) is 0 Å². The van der Waals surface area contributed by atoms with Gasteiger partial charge < -0.3 is 14.8 Å². The van der Waals surface area contributed by atoms with Crippen LogP contribution in [0.15, 0.2) is 36.7 Å². The van der Waals surface area contributed by atoms with E-state index in [2.05, 4.69) is 10.3 Å². The van der Waals surface area contributed by atoms with Gasteiger partial charge in [-0.2, -0.15) is 13.2 Å². The molecule has 1 amide bonds. The van der Waals surface area contributed by atoms with Crippen LogP contribution in [0.5, 0.6) is 0 Å². The van der Waals surface area contributed by atoms with Gasteiger partial charge in [-0.3, -0.25) is 4.79 Å². The van der Waals surface area contributed by atoms with Gasteiger partial charge >= 0.3 is 6.18 Å². The van der Waals surface area contributed by atoms with E-state index in [1.165, 1.54) is 12.1 Å². The van der Waals surface area contributed by atoms with Crippen LogP contribution in [0.2, 0.25) is 0 Å². The second kappa shape index (κ2) is 7.72. The van der Waals surface area contributed by atoms with Gasteiger partial charge in [-0.15, -0.1) is 0 Å². The third-order valence-corrected chi connectivity index (χ3v) is 5.00. The van der Waals surface area contributed by atoms with Gasteiger partial charge in [0, 0.05) is 45.5 Å². The molecule has 1 aliphatic rings. The van der Waals surface area contributed by atoms with Crippen LogP contribution in [0.25, 0.3) is 0 Å². The lowest BCUT2D eigenvalue weighted by molar-refractivity contribution is -0.139. The first-order chi connectivity index (χ1) is 12.8. The molecule has 1 aromatic heterocycles. The molecule has 2 unspecified atom stereocenters. The third-order valence-electron chi connectivity index (χ3n) is 5.00. The Hall–Kier alpha value is -2.35. The Balaban J connectivity index is 1.79. The number of carbonyl (C=O) groups excluding carboxylic acids is 1. The van der Waals surface area contributed by atoms with E-state index in [1.54, 1.807) is 24.1 Å². The van der Waals surface area contributed by atoms with Gasteiger partial charge in [0.25, 0.3) is 0 Å². The van der Waals surface area contributed by atoms with Crippen molar-refractivity contribution in [2.24, 2.45) is 7.05 Å². The lowest BCUT2D eigenvalue weighted by Gasteiger charge is -2.36. The predicted octanol–water partition coefficient (Wildman–Crippen LogP) is 3.11. The maximum absolute atomic E-state index is 13.3. The molecule has 3 rings (SSSR count). The van der Waals surface area contributed by atoms with E-state index in [-0.39, 0.29) is 23.9 Å². The van der Waals surface area contributed by atoms with Crippen molar-refractivity contribution in [2.45, 2.75) is 31.5 Å². The number of amides is 1. The second-order valence-corrected chi connectivity index (χ2v) is 6.89. The molecule has 0 aliphatic carbocycles. The molecule has 2 atom stereocenters. The Morgan fingerprint density at radius 1 is 1.37 bits per heavy atom. The summed E-state index contributed by atoms with van der Waals surface area (Å²) in [7, 11) is 1.86. The predicted molar refractivity (Wildman–Crippen MR) is 95.0 cm³/mol. The number of nitrogens with one attached hydrogen (secondary N) is 1. The van der Waals surface area contributed by atoms with Crippen LogP contribution in [0, 0.1) is 0 Å². The number of alkyl halides is 3. The fourth-order valence-electron chi connectivity index (χ4n) is 3.61. The fraction of sp³-hybridized carbons (Fsp3) is 0.474. The van der Waals surface area contributed by atoms with Gasteiger partial charge in [0.15, 0.2) is 0 Å². The highest BCUT2D eigenvalue weighted by Gasteiger charge is 2.36. The summed E-state index contributed by atoms with van der Waals surface area (Å²) in [6.45, 7) is 3.40. The number of nitrogens with zero attached hydrogens (tertiary/aromatic N) is 3. The molecular weight excluding hydrogens is 357 g/mol. The number of carbonyl (C=O) groups is 1. The molecule has 1 fully saturated rings. The van der Waals surface area contributed by atoms with Gasteiger partial charge in [0.2, 0.25) is 5.91 Å². The molecule has 1 N–H and O–H groups in total. The summed E-state index contributed by atoms with van der Waals surface area (Å²) in [5.74, 6) is 0.0695. The van der Waals surface area contributed by atoms with Crippen molar-refractivity contribution < 1.29 is 18.0 Å². The Bertz CT molecular complexity index is 802. The molecule has 0 spiro atoms. The van der Waals surface area contributed by atoms with Crippen LogP contribution in [-0.2, 0) is 18.0 Å². The second-order valence-electron chi connectivity index (χ2n) is 6.89. The zero-order valence-electron chi connectivity index (χ0n) is 15.3. The highest BCUT2D eigenvalue weighted by molar-refractivity contribution is 5.77. The Morgan fingerprint density at radius 3 is 2.78 bits per heavy atom. The number of imidazole rings is 1. The summed E-state index contributed by atoms with van der Waals surface area (Å²) in [6.07, 6.45) is -0.921. The highest BCUT2D eigenvalue weighted by Crippen LogP contribution is 2.36. The summed E-state index contributed by atoms with van der Waals surface area (Å²) in [4.78, 5) is 19.0. The molecule has 0 bridgehead atoms. The maximum atomic E-state index is 13.3. The molecule has 27 heavy (non-hydrogen) atoms. The van der Waals surface area contributed by atoms with Crippen LogP contribution < -0.4 is 5.32 Å². The van der Waals surface area contributed by atoms with Gasteiger partial charge in [0.1, 0.15) is 11.9 Å². The minimum atomic E-state index is -4.43. The van der Waals surface area contributed by atoms with E-state index in [0.717, 1.165) is 11.9 Å². The SMILES string of the molecule is CC(CC(=O)N1CCNCC1c1nccn1C)c1ccccc1C(F)(F)F. The Labute approximate surface area is 156 Å². The van der Waals surface area contributed by atoms with E-state index in [9.17, 15) is 18.0 Å². The van der Waals surface area contributed by atoms with Gasteiger partial charge in [-0.1, -0.05) is 25.1 Å². The van der Waals surface area contributed by atoms with Crippen LogP contribution in [-0.4, -0.2) is 40.0 Å². The molecular formula is C19H23F3N4O. The summed E-state index contributed by atoms with van der Waals surface area (Å²) >= 11 is 0. The van der Waals surface area contributed by atoms with E-state index in [4.69, 9.17) is 0 Å². The largest absolute Gasteiger partial charge is 0.416 e. The molecule has 2 aromatic rings. The smallest absolute Gasteiger partial charge is 0.336 e. The molecule has 5 nitrogen and oxygen atoms in total. The van der Waals surface area contributed by atoms with E-state index in [0.29, 0.717) is 19.6 Å². The van der Waals surface area contributed by atoms with Crippen molar-refractivity contribution in [2.75, 3.05) is 19.6 Å². The summed E-state index contributed by atoms with van der Waals surface area (Å²) in [5.41, 5.74) is -0.520. The molecule has 2 heterocycles. The van der Waals surface area contributed by atoms with Gasteiger partial charge in [-0.05, 0) is 17.5 Å². The quantitative estimate of drug-likeness (QED) is 0.887. The van der Waals surface area contributed by atoms with E-state index >= 15 is 0 Å². The van der Waals surface area contributed by atoms with Crippen LogP contribution >= 0.6 is 0 Å². The van der Waals surface area contributed by atoms with E-state index in [1.807, 2.05) is 17.8 Å². The monoisotopic (exact) mass is 380 g/mol. The first-order valence-electron chi connectivity index (χ1n) is 8.92. The summed E-state index contributed by atoms with van der Waals surface area (Å²) in [5, 5.41) is 3.25. The van der Waals surface area contributed by atoms with Crippen molar-refractivity contribution in [3.05, 3.63) is 53.6 Å². The van der Waals surface area contributed by atoms with Crippen molar-refractivity contribution in [3.8, 4) is 0 Å². The topological polar surface area (TPSA) is 50.2 Å². The Kier molecular flexibility index (Phi) is 5.55. The molecule has 146 valence electrons. The number of aromatic nitrogens is 2. The lowest BCUT2D eigenvalue weighted by Crippen LogP contribution is -2.49. The standard InChI is InChI=1S/C19H23F3N4O/c1-13(14-5-3-4-6-15(14)19(20,21)22)11-17(27)26-10-7-23-12-16(26)18-24-8-9-25(18)2/h3-6,8-9,13,16,23H,7,10-12H2,1-2H3. The molecule has 0 saturated carbocycles. The average Bonchev–Trinajstić information content (AvgIpc) is 3.06. The molecule has 1 saturated heterocycles. The number of rotatable bonds is 4. The molecule has 1 aromatic carbocycles. The number of aryl methyl sites for hydroxylation is 1. The zero-order chi connectivity index (χ0) is 19.6. The number of hydrogen-bond acceptors (Lipinski definition) is 3. The summed E-state index contributed by atoms with van der Waals surface area (Å²) < 4.78 is 41.7. The minimum absolute atomic E-state index is 0.0218. The van der Waals surface area contributed by atoms with Crippen molar-refractivity contribution in [1.82, 2.24) is 19.8 Å². The van der Waals surface area contributed by atoms with Gasteiger partial charge in [-0.25, -0.2) is 4.98 Å². The van der Waals surface area contributed by atoms with Gasteiger partial charge in [0.05, 0.1) is 5.56 Å². The molecule has 8 heteroatoms. The zero-order valence-corrected chi connectivity index (χ0v) is 15.3. The normalized spacial score (nSPS) is 19.1. The first-order valence-corrected chi connectivity index (χ1v) is 8.92. The summed E-state index contributed by atoms with van der Waals surface area (Å²) in [6, 6.07) is 5.24. The van der Waals surface area contributed by atoms with E-state index < -0.39 is 17.7 Å². The highest BCUT2D eigenvalue weighted by atomic mass is 19.4. The number of benzene rings is 1. The fourth-order valence-corrected chi connectivity index (χ4v) is 3.61. The minimum Gasteiger partial charge on any atom is -0.336 e. The first kappa shape index (κ1) is 19.4. The lowest BCUT2D eigenvalue weighted by atomic mass is 9.92. The van der Waals surface area contributed by atoms with Crippen LogP contribution in [0.1, 0.15) is 42.3 Å². The third kappa shape index (κ3) is 4.16. The molecule has 0 radical (unpaired) electrons. The number of hydrogen-bond donors (Lipinski definition) is 1. The van der Waals surface area contributed by atoms with Crippen molar-refractivity contribution >= 4 is 5.91 Å². The van der Waals surface area contributed by atoms with Crippen LogP contribution in [0.4, 0.5) is 13.2 Å². The maximum Gasteiger partial charge on any atom is 0.416 e. The number of halogens is 3. The Morgan fingerprint density at radius 2 is 2.11 bits per heavy atom. The number of piperazine rings is 1. The van der Waals surface area contributed by atoms with Crippen molar-refractivity contribution in [3.63, 3.8) is 0 Å². The van der Waals surface area contributed by atoms with Crippen LogP contribution in [0.3, 0.4) is 0 Å².